The van der Waals surface area contributed by atoms with Gasteiger partial charge in [0.2, 0.25) is 0 Å². The molecule has 0 spiro atoms. The molecule has 6 nitrogen and oxygen atoms in total. The fraction of sp³-hybridized carbons (Fsp3) is 0.0556. The predicted octanol–water partition coefficient (Wildman–Crippen LogP) is 4.20. The molecule has 0 N–H and O–H groups in total. The molecule has 0 aliphatic carbocycles. The van der Waals surface area contributed by atoms with Crippen molar-refractivity contribution in [3.63, 3.8) is 0 Å². The molecule has 0 amide bonds. The van der Waals surface area contributed by atoms with Gasteiger partial charge in [-0.2, -0.15) is 18.6 Å². The van der Waals surface area contributed by atoms with Crippen molar-refractivity contribution in [2.75, 3.05) is 0 Å². The Morgan fingerprint density at radius 1 is 1.26 bits per heavy atom. The van der Waals surface area contributed by atoms with Gasteiger partial charge in [0.05, 0.1) is 17.9 Å². The van der Waals surface area contributed by atoms with Gasteiger partial charge < -0.3 is 9.15 Å². The Morgan fingerprint density at radius 3 is 2.89 bits per heavy atom. The molecule has 0 bridgehead atoms. The number of nitrogens with zero attached hydrogens (tertiary/aromatic N) is 3. The summed E-state index contributed by atoms with van der Waals surface area (Å²) >= 11 is 1.32. The lowest BCUT2D eigenvalue weighted by molar-refractivity contribution is -0.0499. The van der Waals surface area contributed by atoms with Gasteiger partial charge in [0.15, 0.2) is 0 Å². The highest BCUT2D eigenvalue weighted by atomic mass is 32.1. The quantitative estimate of drug-likeness (QED) is 0.481. The van der Waals surface area contributed by atoms with E-state index in [1.54, 1.807) is 35.7 Å². The highest BCUT2D eigenvalue weighted by molar-refractivity contribution is 7.17. The molecule has 136 valence electrons. The monoisotopic (exact) mass is 387 g/mol. The Labute approximate surface area is 155 Å². The van der Waals surface area contributed by atoms with E-state index < -0.39 is 12.2 Å². The number of aromatic nitrogens is 2. The third kappa shape index (κ3) is 3.36. The van der Waals surface area contributed by atoms with Crippen molar-refractivity contribution in [3.05, 3.63) is 70.3 Å². The Bertz CT molecular complexity index is 1170. The third-order valence-corrected chi connectivity index (χ3v) is 4.61. The van der Waals surface area contributed by atoms with Gasteiger partial charge in [0, 0.05) is 16.5 Å². The molecule has 0 aliphatic rings. The second-order valence-corrected chi connectivity index (χ2v) is 6.22. The third-order valence-electron chi connectivity index (χ3n) is 3.72. The van der Waals surface area contributed by atoms with Gasteiger partial charge >= 0.3 is 6.61 Å². The van der Waals surface area contributed by atoms with Crippen LogP contribution in [0.2, 0.25) is 0 Å². The Morgan fingerprint density at radius 2 is 2.11 bits per heavy atom. The van der Waals surface area contributed by atoms with E-state index in [9.17, 15) is 13.6 Å². The van der Waals surface area contributed by atoms with Crippen LogP contribution in [0.25, 0.3) is 21.5 Å². The number of furan rings is 1. The van der Waals surface area contributed by atoms with Crippen LogP contribution in [0.5, 0.6) is 5.75 Å². The normalized spacial score (nSPS) is 11.7. The smallest absolute Gasteiger partial charge is 0.387 e. The molecule has 9 heteroatoms. The van der Waals surface area contributed by atoms with Crippen molar-refractivity contribution >= 4 is 27.8 Å². The lowest BCUT2D eigenvalue weighted by Crippen LogP contribution is -2.17. The molecule has 3 aromatic heterocycles. The van der Waals surface area contributed by atoms with Crippen LogP contribution in [0, 0.1) is 0 Å². The second kappa shape index (κ2) is 7.12. The van der Waals surface area contributed by atoms with Gasteiger partial charge in [0.25, 0.3) is 5.56 Å². The highest BCUT2D eigenvalue weighted by Crippen LogP contribution is 2.30. The number of thiophene rings is 1. The second-order valence-electron chi connectivity index (χ2n) is 5.36. The molecule has 27 heavy (non-hydrogen) atoms. The fourth-order valence-electron chi connectivity index (χ4n) is 2.53. The van der Waals surface area contributed by atoms with Gasteiger partial charge in [-0.3, -0.25) is 4.79 Å². The molecule has 4 aromatic rings. The van der Waals surface area contributed by atoms with Crippen LogP contribution in [0.15, 0.2) is 68.7 Å². The van der Waals surface area contributed by atoms with Crippen LogP contribution in [0.4, 0.5) is 8.78 Å². The van der Waals surface area contributed by atoms with Crippen LogP contribution >= 0.6 is 11.3 Å². The van der Waals surface area contributed by atoms with Gasteiger partial charge in [0.1, 0.15) is 22.7 Å². The topological polar surface area (TPSA) is 69.6 Å². The zero-order chi connectivity index (χ0) is 18.8. The molecule has 0 unspecified atom stereocenters. The summed E-state index contributed by atoms with van der Waals surface area (Å²) in [5.41, 5.74) is 0.543. The van der Waals surface area contributed by atoms with Crippen molar-refractivity contribution in [2.24, 2.45) is 5.10 Å². The molecular weight excluding hydrogens is 376 g/mol. The first-order valence-electron chi connectivity index (χ1n) is 7.74. The molecule has 0 atom stereocenters. The Hall–Kier alpha value is -3.33. The van der Waals surface area contributed by atoms with Crippen LogP contribution < -0.4 is 10.3 Å². The summed E-state index contributed by atoms with van der Waals surface area (Å²) in [6.07, 6.45) is 4.07. The standard InChI is InChI=1S/C18H11F2N3O3S/c19-18(20)26-13-5-2-1-4-11(13)8-22-23-10-21-16-15(17(23)24)12(9-27-16)14-6-3-7-25-14/h1-10,18H/b22-8-. The van der Waals surface area contributed by atoms with Gasteiger partial charge in [-0.05, 0) is 24.3 Å². The van der Waals surface area contributed by atoms with E-state index in [4.69, 9.17) is 4.42 Å². The van der Waals surface area contributed by atoms with Crippen LogP contribution in [-0.2, 0) is 0 Å². The van der Waals surface area contributed by atoms with E-state index in [0.29, 0.717) is 27.1 Å². The van der Waals surface area contributed by atoms with Crippen molar-refractivity contribution in [2.45, 2.75) is 6.61 Å². The molecular formula is C18H11F2N3O3S. The molecule has 0 fully saturated rings. The van der Waals surface area contributed by atoms with Crippen LogP contribution in [-0.4, -0.2) is 22.5 Å². The van der Waals surface area contributed by atoms with Crippen LogP contribution in [0.3, 0.4) is 0 Å². The van der Waals surface area contributed by atoms with Crippen molar-refractivity contribution in [1.29, 1.82) is 0 Å². The van der Waals surface area contributed by atoms with Crippen molar-refractivity contribution in [3.8, 4) is 17.1 Å². The number of rotatable bonds is 5. The SMILES string of the molecule is O=c1c2c(-c3ccco3)csc2ncn1/N=C\c1ccccc1OC(F)F. The van der Waals surface area contributed by atoms with E-state index in [1.807, 2.05) is 0 Å². The summed E-state index contributed by atoms with van der Waals surface area (Å²) < 4.78 is 35.9. The molecule has 4 rings (SSSR count). The molecule has 3 heterocycles. The molecule has 0 saturated carbocycles. The maximum Gasteiger partial charge on any atom is 0.387 e. The maximum absolute atomic E-state index is 12.8. The van der Waals surface area contributed by atoms with E-state index in [2.05, 4.69) is 14.8 Å². The summed E-state index contributed by atoms with van der Waals surface area (Å²) in [7, 11) is 0. The first-order chi connectivity index (χ1) is 13.1. The highest BCUT2D eigenvalue weighted by Gasteiger charge is 2.15. The number of halogens is 2. The predicted molar refractivity (Wildman–Crippen MR) is 97.6 cm³/mol. The first kappa shape index (κ1) is 17.1. The summed E-state index contributed by atoms with van der Waals surface area (Å²) in [5, 5.41) is 6.23. The Kier molecular flexibility index (Phi) is 4.51. The summed E-state index contributed by atoms with van der Waals surface area (Å²) in [6.45, 7) is -2.96. The zero-order valence-electron chi connectivity index (χ0n) is 13.6. The van der Waals surface area contributed by atoms with Gasteiger partial charge in [-0.25, -0.2) is 4.98 Å². The van der Waals surface area contributed by atoms with E-state index in [0.717, 1.165) is 4.68 Å². The fourth-order valence-corrected chi connectivity index (χ4v) is 3.42. The number of alkyl halides is 2. The number of fused-ring (bicyclic) bond motifs is 1. The average molecular weight is 387 g/mol. The minimum Gasteiger partial charge on any atom is -0.464 e. The number of benzene rings is 1. The minimum atomic E-state index is -2.96. The largest absolute Gasteiger partial charge is 0.464 e. The first-order valence-corrected chi connectivity index (χ1v) is 8.62. The lowest BCUT2D eigenvalue weighted by atomic mass is 10.2. The van der Waals surface area contributed by atoms with E-state index >= 15 is 0 Å². The number of hydrogen-bond donors (Lipinski definition) is 0. The van der Waals surface area contributed by atoms with Gasteiger partial charge in [-0.15, -0.1) is 11.3 Å². The molecule has 0 saturated heterocycles. The average Bonchev–Trinajstić information content (AvgIpc) is 3.31. The number of para-hydroxylation sites is 1. The minimum absolute atomic E-state index is 0.0369. The number of hydrogen-bond acceptors (Lipinski definition) is 6. The van der Waals surface area contributed by atoms with Gasteiger partial charge in [-0.1, -0.05) is 12.1 Å². The van der Waals surface area contributed by atoms with Crippen molar-refractivity contribution < 1.29 is 17.9 Å². The molecule has 1 aromatic carbocycles. The summed E-state index contributed by atoms with van der Waals surface area (Å²) in [5.74, 6) is 0.516. The zero-order valence-corrected chi connectivity index (χ0v) is 14.4. The van der Waals surface area contributed by atoms with Crippen LogP contribution in [0.1, 0.15) is 5.56 Å². The maximum atomic E-state index is 12.8. The number of ether oxygens (including phenoxy) is 1. The van der Waals surface area contributed by atoms with E-state index in [1.165, 1.54) is 36.2 Å². The molecule has 0 radical (unpaired) electrons. The Balaban J connectivity index is 1.76. The summed E-state index contributed by atoms with van der Waals surface area (Å²) in [4.78, 5) is 17.6. The molecule has 0 aliphatic heterocycles. The van der Waals surface area contributed by atoms with E-state index in [-0.39, 0.29) is 5.75 Å². The van der Waals surface area contributed by atoms with Crippen molar-refractivity contribution in [1.82, 2.24) is 9.66 Å². The summed E-state index contributed by atoms with van der Waals surface area (Å²) in [6, 6.07) is 9.64. The lowest BCUT2D eigenvalue weighted by Gasteiger charge is -2.07.